The molecule has 3 heteroatoms. The first-order valence-corrected chi connectivity index (χ1v) is 7.00. The first kappa shape index (κ1) is 14.3. The fourth-order valence-electron chi connectivity index (χ4n) is 3.28. The predicted octanol–water partition coefficient (Wildman–Crippen LogP) is 3.70. The molecular formula is C16H24FNO. The van der Waals surface area contributed by atoms with E-state index >= 15 is 0 Å². The Kier molecular flexibility index (Phi) is 4.14. The lowest BCUT2D eigenvalue weighted by molar-refractivity contribution is 0.163. The van der Waals surface area contributed by atoms with Crippen LogP contribution in [-0.2, 0) is 0 Å². The molecule has 1 aliphatic carbocycles. The molecule has 1 fully saturated rings. The summed E-state index contributed by atoms with van der Waals surface area (Å²) in [4.78, 5) is 0. The Morgan fingerprint density at radius 1 is 1.42 bits per heavy atom. The topological polar surface area (TPSA) is 35.2 Å². The number of rotatable bonds is 3. The van der Waals surface area contributed by atoms with E-state index in [-0.39, 0.29) is 11.2 Å². The third-order valence-corrected chi connectivity index (χ3v) is 4.43. The molecule has 1 aromatic rings. The molecule has 2 N–H and O–H groups in total. The van der Waals surface area contributed by atoms with Crippen LogP contribution in [0.5, 0.6) is 5.75 Å². The van der Waals surface area contributed by atoms with Gasteiger partial charge in [0, 0.05) is 5.56 Å². The van der Waals surface area contributed by atoms with Crippen molar-refractivity contribution in [3.05, 3.63) is 29.6 Å². The Morgan fingerprint density at radius 2 is 2.16 bits per heavy atom. The van der Waals surface area contributed by atoms with Crippen LogP contribution in [0, 0.1) is 17.2 Å². The van der Waals surface area contributed by atoms with Gasteiger partial charge in [-0.25, -0.2) is 4.39 Å². The van der Waals surface area contributed by atoms with Gasteiger partial charge in [-0.3, -0.25) is 0 Å². The summed E-state index contributed by atoms with van der Waals surface area (Å²) >= 11 is 0. The fourth-order valence-corrected chi connectivity index (χ4v) is 3.28. The quantitative estimate of drug-likeness (QED) is 0.904. The van der Waals surface area contributed by atoms with Crippen LogP contribution in [0.4, 0.5) is 4.39 Å². The number of halogens is 1. The summed E-state index contributed by atoms with van der Waals surface area (Å²) < 4.78 is 19.0. The molecule has 0 saturated heterocycles. The first-order valence-electron chi connectivity index (χ1n) is 7.00. The minimum Gasteiger partial charge on any atom is -0.496 e. The molecule has 2 nitrogen and oxygen atoms in total. The highest BCUT2D eigenvalue weighted by Gasteiger charge is 2.36. The lowest BCUT2D eigenvalue weighted by atomic mass is 9.65. The van der Waals surface area contributed by atoms with Crippen molar-refractivity contribution in [1.82, 2.24) is 0 Å². The van der Waals surface area contributed by atoms with Crippen LogP contribution >= 0.6 is 0 Å². The van der Waals surface area contributed by atoms with Gasteiger partial charge < -0.3 is 10.5 Å². The number of nitrogens with two attached hydrogens (primary N) is 1. The van der Waals surface area contributed by atoms with Gasteiger partial charge in [0.05, 0.1) is 7.11 Å². The fraction of sp³-hybridized carbons (Fsp3) is 0.625. The second kappa shape index (κ2) is 5.49. The van der Waals surface area contributed by atoms with Crippen molar-refractivity contribution in [2.75, 3.05) is 13.7 Å². The zero-order chi connectivity index (χ0) is 14.0. The molecule has 0 amide bonds. The molecular weight excluding hydrogens is 241 g/mol. The largest absolute Gasteiger partial charge is 0.496 e. The number of ether oxygens (including phenoxy) is 1. The zero-order valence-corrected chi connectivity index (χ0v) is 12.1. The number of hydrogen-bond acceptors (Lipinski definition) is 2. The second-order valence-electron chi connectivity index (χ2n) is 6.40. The van der Waals surface area contributed by atoms with E-state index in [1.165, 1.54) is 12.5 Å². The van der Waals surface area contributed by atoms with E-state index in [2.05, 4.69) is 13.8 Å². The Bertz CT molecular complexity index is 444. The van der Waals surface area contributed by atoms with Gasteiger partial charge in [-0.15, -0.1) is 0 Å². The van der Waals surface area contributed by atoms with Gasteiger partial charge in [0.15, 0.2) is 0 Å². The maximum atomic E-state index is 13.6. The third-order valence-electron chi connectivity index (χ3n) is 4.43. The highest BCUT2D eigenvalue weighted by Crippen LogP contribution is 2.48. The van der Waals surface area contributed by atoms with Crippen LogP contribution < -0.4 is 10.5 Å². The minimum atomic E-state index is -0.199. The SMILES string of the molecule is COc1ccc(F)cc1C1CC(C)(C)CCC1CN. The summed E-state index contributed by atoms with van der Waals surface area (Å²) in [5.74, 6) is 1.29. The van der Waals surface area contributed by atoms with E-state index in [9.17, 15) is 4.39 Å². The van der Waals surface area contributed by atoms with Gasteiger partial charge in [-0.05, 0) is 61.3 Å². The lowest BCUT2D eigenvalue weighted by Crippen LogP contribution is -2.32. The standard InChI is InChI=1S/C16H24FNO/c1-16(2)7-6-11(10-18)14(9-16)13-8-12(17)4-5-15(13)19-3/h4-5,8,11,14H,6-7,9-10,18H2,1-3H3. The van der Waals surface area contributed by atoms with Gasteiger partial charge in [0.1, 0.15) is 11.6 Å². The smallest absolute Gasteiger partial charge is 0.123 e. The average molecular weight is 265 g/mol. The Balaban J connectivity index is 2.38. The van der Waals surface area contributed by atoms with E-state index < -0.39 is 0 Å². The van der Waals surface area contributed by atoms with Crippen LogP contribution in [-0.4, -0.2) is 13.7 Å². The number of hydrogen-bond donors (Lipinski definition) is 1. The number of benzene rings is 1. The summed E-state index contributed by atoms with van der Waals surface area (Å²) in [7, 11) is 1.64. The second-order valence-corrected chi connectivity index (χ2v) is 6.40. The van der Waals surface area contributed by atoms with Crippen molar-refractivity contribution in [1.29, 1.82) is 0 Å². The lowest BCUT2D eigenvalue weighted by Gasteiger charge is -2.41. The Labute approximate surface area is 115 Å². The molecule has 0 aromatic heterocycles. The summed E-state index contributed by atoms with van der Waals surface area (Å²) in [6.45, 7) is 5.21. The molecule has 0 spiro atoms. The molecule has 0 aliphatic heterocycles. The van der Waals surface area contributed by atoms with Gasteiger partial charge >= 0.3 is 0 Å². The number of methoxy groups -OCH3 is 1. The van der Waals surface area contributed by atoms with Crippen LogP contribution in [0.2, 0.25) is 0 Å². The van der Waals surface area contributed by atoms with E-state index in [1.54, 1.807) is 19.2 Å². The molecule has 1 aromatic carbocycles. The maximum Gasteiger partial charge on any atom is 0.123 e. The summed E-state index contributed by atoms with van der Waals surface area (Å²) in [5, 5.41) is 0. The summed E-state index contributed by atoms with van der Waals surface area (Å²) in [6, 6.07) is 4.79. The summed E-state index contributed by atoms with van der Waals surface area (Å²) in [6.07, 6.45) is 3.32. The van der Waals surface area contributed by atoms with Gasteiger partial charge in [0.25, 0.3) is 0 Å². The van der Waals surface area contributed by atoms with Crippen molar-refractivity contribution in [3.63, 3.8) is 0 Å². The first-order chi connectivity index (χ1) is 8.96. The van der Waals surface area contributed by atoms with Crippen LogP contribution in [0.25, 0.3) is 0 Å². The van der Waals surface area contributed by atoms with E-state index in [0.29, 0.717) is 18.4 Å². The van der Waals surface area contributed by atoms with E-state index in [1.807, 2.05) is 0 Å². The average Bonchev–Trinajstić information content (AvgIpc) is 2.37. The van der Waals surface area contributed by atoms with Crippen molar-refractivity contribution in [3.8, 4) is 5.75 Å². The van der Waals surface area contributed by atoms with Gasteiger partial charge in [-0.1, -0.05) is 13.8 Å². The monoisotopic (exact) mass is 265 g/mol. The molecule has 106 valence electrons. The van der Waals surface area contributed by atoms with Crippen molar-refractivity contribution in [2.24, 2.45) is 17.1 Å². The van der Waals surface area contributed by atoms with Crippen LogP contribution in [0.1, 0.15) is 44.6 Å². The van der Waals surface area contributed by atoms with E-state index in [0.717, 1.165) is 24.2 Å². The predicted molar refractivity (Wildman–Crippen MR) is 75.9 cm³/mol. The van der Waals surface area contributed by atoms with Gasteiger partial charge in [-0.2, -0.15) is 0 Å². The summed E-state index contributed by atoms with van der Waals surface area (Å²) in [5.41, 5.74) is 7.18. The molecule has 2 rings (SSSR count). The van der Waals surface area contributed by atoms with Gasteiger partial charge in [0.2, 0.25) is 0 Å². The highest BCUT2D eigenvalue weighted by atomic mass is 19.1. The molecule has 19 heavy (non-hydrogen) atoms. The van der Waals surface area contributed by atoms with Crippen molar-refractivity contribution in [2.45, 2.75) is 39.0 Å². The molecule has 0 heterocycles. The molecule has 2 unspecified atom stereocenters. The maximum absolute atomic E-state index is 13.6. The third kappa shape index (κ3) is 3.08. The van der Waals surface area contributed by atoms with Crippen molar-refractivity contribution >= 4 is 0 Å². The molecule has 1 aliphatic rings. The zero-order valence-electron chi connectivity index (χ0n) is 12.1. The van der Waals surface area contributed by atoms with Crippen LogP contribution in [0.3, 0.4) is 0 Å². The molecule has 0 radical (unpaired) electrons. The molecule has 1 saturated carbocycles. The normalized spacial score (nSPS) is 26.2. The highest BCUT2D eigenvalue weighted by molar-refractivity contribution is 5.37. The minimum absolute atomic E-state index is 0.199. The Morgan fingerprint density at radius 3 is 2.79 bits per heavy atom. The molecule has 0 bridgehead atoms. The van der Waals surface area contributed by atoms with Crippen LogP contribution in [0.15, 0.2) is 18.2 Å². The van der Waals surface area contributed by atoms with E-state index in [4.69, 9.17) is 10.5 Å². The molecule has 2 atom stereocenters. The Hall–Kier alpha value is -1.09. The van der Waals surface area contributed by atoms with Crippen molar-refractivity contribution < 1.29 is 9.13 Å².